The van der Waals surface area contributed by atoms with Crippen molar-refractivity contribution < 1.29 is 19.3 Å². The van der Waals surface area contributed by atoms with Crippen molar-refractivity contribution in [1.29, 1.82) is 0 Å². The Labute approximate surface area is 290 Å². The molecule has 2 fully saturated rings. The van der Waals surface area contributed by atoms with E-state index < -0.39 is 11.9 Å². The zero-order valence-electron chi connectivity index (χ0n) is 26.9. The lowest BCUT2D eigenvalue weighted by atomic mass is 10.1. The molecule has 2 aliphatic rings. The van der Waals surface area contributed by atoms with Crippen molar-refractivity contribution in [2.45, 2.75) is 44.4 Å². The van der Waals surface area contributed by atoms with E-state index in [-0.39, 0.29) is 18.7 Å². The summed E-state index contributed by atoms with van der Waals surface area (Å²) in [6.45, 7) is 8.17. The quantitative estimate of drug-likeness (QED) is 0.102. The van der Waals surface area contributed by atoms with Gasteiger partial charge in [-0.2, -0.15) is 5.10 Å². The van der Waals surface area contributed by atoms with Gasteiger partial charge in [0.05, 0.1) is 23.4 Å². The Morgan fingerprint density at radius 2 is 1.71 bits per heavy atom. The maximum absolute atomic E-state index is 9.54. The van der Waals surface area contributed by atoms with Gasteiger partial charge in [0.1, 0.15) is 44.0 Å². The number of aromatic nitrogens is 3. The van der Waals surface area contributed by atoms with E-state index in [4.69, 9.17) is 37.4 Å². The molecule has 0 saturated carbocycles. The fourth-order valence-corrected chi connectivity index (χ4v) is 6.15. The molecule has 2 aliphatic heterocycles. The van der Waals surface area contributed by atoms with Crippen LogP contribution in [0.1, 0.15) is 19.4 Å². The minimum Gasteiger partial charge on any atom is -0.491 e. The van der Waals surface area contributed by atoms with Crippen LogP contribution < -0.4 is 25.4 Å². The third kappa shape index (κ3) is 8.38. The first kappa shape index (κ1) is 34.0. The van der Waals surface area contributed by atoms with Gasteiger partial charge in [-0.1, -0.05) is 29.3 Å². The van der Waals surface area contributed by atoms with Crippen LogP contribution in [0.4, 0.5) is 17.1 Å². The van der Waals surface area contributed by atoms with Crippen molar-refractivity contribution in [3.63, 3.8) is 0 Å². The highest BCUT2D eigenvalue weighted by Crippen LogP contribution is 2.40. The van der Waals surface area contributed by atoms with Crippen molar-refractivity contribution >= 4 is 46.6 Å². The van der Waals surface area contributed by atoms with Crippen LogP contribution in [0.25, 0.3) is 0 Å². The highest BCUT2D eigenvalue weighted by Gasteiger charge is 2.45. The molecule has 3 aromatic carbocycles. The van der Waals surface area contributed by atoms with Crippen LogP contribution >= 0.6 is 23.2 Å². The topological polar surface area (TPSA) is 122 Å². The molecule has 6 rings (SSSR count). The van der Waals surface area contributed by atoms with Crippen molar-refractivity contribution in [3.05, 3.63) is 95.0 Å². The van der Waals surface area contributed by atoms with Crippen LogP contribution in [-0.4, -0.2) is 83.9 Å². The molecule has 254 valence electrons. The molecule has 48 heavy (non-hydrogen) atoms. The molecule has 1 aromatic heterocycles. The molecule has 3 N–H and O–H groups in total. The third-order valence-electron chi connectivity index (χ3n) is 8.48. The van der Waals surface area contributed by atoms with Crippen LogP contribution in [-0.2, 0) is 21.8 Å². The summed E-state index contributed by atoms with van der Waals surface area (Å²) >= 11 is 12.7. The first-order chi connectivity index (χ1) is 23.3. The molecule has 12 nitrogen and oxygen atoms in total. The van der Waals surface area contributed by atoms with Gasteiger partial charge in [-0.25, -0.2) is 20.1 Å². The number of anilines is 2. The number of piperazine rings is 1. The monoisotopic (exact) mass is 694 g/mol. The normalized spacial score (nSPS) is 21.1. The summed E-state index contributed by atoms with van der Waals surface area (Å²) in [6, 6.07) is 21.5. The van der Waals surface area contributed by atoms with Crippen LogP contribution in [0.5, 0.6) is 5.75 Å². The zero-order valence-corrected chi connectivity index (χ0v) is 28.4. The molecular formula is C34H40Cl2N8O4. The molecule has 0 aliphatic carbocycles. The summed E-state index contributed by atoms with van der Waals surface area (Å²) in [5.74, 6) is -0.398. The lowest BCUT2D eigenvalue weighted by Gasteiger charge is -2.37. The summed E-state index contributed by atoms with van der Waals surface area (Å²) in [7, 11) is 0. The summed E-state index contributed by atoms with van der Waals surface area (Å²) < 4.78 is 20.5. The van der Waals surface area contributed by atoms with E-state index in [1.807, 2.05) is 37.3 Å². The highest BCUT2D eigenvalue weighted by atomic mass is 35.5. The molecule has 4 unspecified atom stereocenters. The average Bonchev–Trinajstić information content (AvgIpc) is 3.77. The Morgan fingerprint density at radius 3 is 2.33 bits per heavy atom. The molecule has 4 atom stereocenters. The number of aliphatic hydroxyl groups is 1. The Bertz CT molecular complexity index is 1630. The number of ether oxygens (including phenoxy) is 3. The molecule has 0 radical (unpaired) electrons. The number of hydrogen-bond acceptors (Lipinski definition) is 10. The number of aliphatic imine (C=N–C) groups is 1. The smallest absolute Gasteiger partial charge is 0.217 e. The lowest BCUT2D eigenvalue weighted by Crippen LogP contribution is -2.46. The molecule has 0 bridgehead atoms. The Morgan fingerprint density at radius 1 is 1.02 bits per heavy atom. The van der Waals surface area contributed by atoms with Gasteiger partial charge in [0.2, 0.25) is 5.79 Å². The number of aliphatic hydroxyl groups excluding tert-OH is 1. The number of hydrazine groups is 1. The van der Waals surface area contributed by atoms with E-state index in [1.54, 1.807) is 36.4 Å². The van der Waals surface area contributed by atoms with Crippen molar-refractivity contribution in [2.24, 2.45) is 4.99 Å². The Balaban J connectivity index is 0.980. The van der Waals surface area contributed by atoms with Gasteiger partial charge < -0.3 is 34.5 Å². The lowest BCUT2D eigenvalue weighted by molar-refractivity contribution is -0.190. The zero-order chi connectivity index (χ0) is 33.5. The number of hydrogen-bond donors (Lipinski definition) is 3. The maximum atomic E-state index is 9.54. The van der Waals surface area contributed by atoms with Crippen molar-refractivity contribution in [1.82, 2.24) is 25.6 Å². The summed E-state index contributed by atoms with van der Waals surface area (Å²) in [4.78, 5) is 13.2. The van der Waals surface area contributed by atoms with Crippen molar-refractivity contribution in [3.8, 4) is 5.75 Å². The van der Waals surface area contributed by atoms with E-state index in [0.717, 1.165) is 43.3 Å². The van der Waals surface area contributed by atoms with Crippen LogP contribution in [0, 0.1) is 0 Å². The van der Waals surface area contributed by atoms with E-state index in [2.05, 4.69) is 60.0 Å². The second-order valence-electron chi connectivity index (χ2n) is 11.9. The van der Waals surface area contributed by atoms with E-state index >= 15 is 0 Å². The van der Waals surface area contributed by atoms with Crippen molar-refractivity contribution in [2.75, 3.05) is 49.2 Å². The van der Waals surface area contributed by atoms with Gasteiger partial charge in [-0.15, -0.1) is 0 Å². The van der Waals surface area contributed by atoms with Gasteiger partial charge >= 0.3 is 0 Å². The fourth-order valence-electron chi connectivity index (χ4n) is 5.59. The minimum atomic E-state index is -1.15. The molecule has 4 aromatic rings. The Kier molecular flexibility index (Phi) is 11.0. The van der Waals surface area contributed by atoms with Crippen LogP contribution in [0.15, 0.2) is 84.4 Å². The number of nitrogens with zero attached hydrogens (tertiary/aromatic N) is 6. The van der Waals surface area contributed by atoms with E-state index in [9.17, 15) is 5.11 Å². The second kappa shape index (κ2) is 15.5. The number of rotatable bonds is 13. The first-order valence-corrected chi connectivity index (χ1v) is 16.7. The molecule has 0 amide bonds. The standard InChI is InChI=1S/C34H40Cl2N8O4/c1-24(25(2)45)41-39-22-38-27-4-6-28(7-5-27)42-13-15-43(16-14-42)29-8-10-30(11-9-29)46-18-31-19-47-34(48-31,20-44-23-37-21-40-44)32-12-3-26(35)17-33(32)36/h3-12,17,21-25,31,41,45H,13-16,18-20H2,1-2H3,(H,38,39). The van der Waals surface area contributed by atoms with Gasteiger partial charge in [-0.05, 0) is 74.5 Å². The summed E-state index contributed by atoms with van der Waals surface area (Å²) in [5, 5.41) is 14.8. The first-order valence-electron chi connectivity index (χ1n) is 15.9. The number of nitrogens with one attached hydrogen (secondary N) is 2. The summed E-state index contributed by atoms with van der Waals surface area (Å²) in [5.41, 5.74) is 9.74. The van der Waals surface area contributed by atoms with E-state index in [0.29, 0.717) is 28.8 Å². The molecular weight excluding hydrogens is 655 g/mol. The number of halogens is 2. The molecule has 0 spiro atoms. The van der Waals surface area contributed by atoms with Crippen LogP contribution in [0.2, 0.25) is 10.0 Å². The Hall–Kier alpha value is -3.91. The largest absolute Gasteiger partial charge is 0.491 e. The predicted molar refractivity (Wildman–Crippen MR) is 187 cm³/mol. The molecule has 14 heteroatoms. The maximum Gasteiger partial charge on any atom is 0.217 e. The van der Waals surface area contributed by atoms with E-state index in [1.165, 1.54) is 12.0 Å². The fraction of sp³-hybridized carbons (Fsp3) is 0.382. The van der Waals surface area contributed by atoms with Gasteiger partial charge in [0.15, 0.2) is 0 Å². The van der Waals surface area contributed by atoms with Gasteiger partial charge in [0, 0.05) is 54.2 Å². The molecule has 2 saturated heterocycles. The molecule has 3 heterocycles. The van der Waals surface area contributed by atoms with Gasteiger partial charge in [-0.3, -0.25) is 0 Å². The van der Waals surface area contributed by atoms with Crippen LogP contribution in [0.3, 0.4) is 0 Å². The minimum absolute atomic E-state index is 0.0853. The average molecular weight is 696 g/mol. The second-order valence-corrected chi connectivity index (χ2v) is 12.7. The highest BCUT2D eigenvalue weighted by molar-refractivity contribution is 6.35. The summed E-state index contributed by atoms with van der Waals surface area (Å²) in [6.07, 6.45) is 3.88. The van der Waals surface area contributed by atoms with Gasteiger partial charge in [0.25, 0.3) is 0 Å². The predicted octanol–water partition coefficient (Wildman–Crippen LogP) is 4.78. The number of benzene rings is 3. The SMILES string of the molecule is CC(O)C(C)NNC=Nc1ccc(N2CCN(c3ccc(OCC4COC(Cn5cncn5)(c5ccc(Cl)cc5Cl)O4)cc3)CC2)cc1. The third-order valence-corrected chi connectivity index (χ3v) is 9.03.